The average molecular weight is 652 g/mol. The van der Waals surface area contributed by atoms with Gasteiger partial charge >= 0.3 is 0 Å². The lowest BCUT2D eigenvalue weighted by Crippen LogP contribution is -2.54. The molecular formula is C35H50FN7O4. The molecule has 0 bridgehead atoms. The predicted octanol–water partition coefficient (Wildman–Crippen LogP) is 4.06. The summed E-state index contributed by atoms with van der Waals surface area (Å²) in [5, 5.41) is 13.0. The first-order chi connectivity index (χ1) is 22.7. The Morgan fingerprint density at radius 1 is 0.915 bits per heavy atom. The van der Waals surface area contributed by atoms with Gasteiger partial charge in [-0.2, -0.15) is 5.10 Å². The van der Waals surface area contributed by atoms with E-state index in [2.05, 4.69) is 25.9 Å². The minimum Gasteiger partial charge on any atom is -0.344 e. The van der Waals surface area contributed by atoms with Crippen LogP contribution in [0.25, 0.3) is 0 Å². The Bertz CT molecular complexity index is 1390. The highest BCUT2D eigenvalue weighted by atomic mass is 19.1. The molecule has 11 nitrogen and oxygen atoms in total. The highest BCUT2D eigenvalue weighted by Gasteiger charge is 2.33. The number of hydrogen-bond donors (Lipinski definition) is 3. The van der Waals surface area contributed by atoms with Crippen molar-refractivity contribution in [1.29, 1.82) is 0 Å². The molecule has 2 saturated carbocycles. The first-order valence-electron chi connectivity index (χ1n) is 17.4. The molecule has 1 aromatic heterocycles. The summed E-state index contributed by atoms with van der Waals surface area (Å²) in [5.74, 6) is -1.96. The van der Waals surface area contributed by atoms with E-state index in [1.165, 1.54) is 12.1 Å². The van der Waals surface area contributed by atoms with Gasteiger partial charge in [-0.25, -0.2) is 4.39 Å². The van der Waals surface area contributed by atoms with Crippen LogP contribution in [0, 0.1) is 11.7 Å². The summed E-state index contributed by atoms with van der Waals surface area (Å²) in [4.78, 5) is 57.0. The lowest BCUT2D eigenvalue weighted by atomic mass is 9.91. The van der Waals surface area contributed by atoms with Crippen molar-refractivity contribution in [2.45, 2.75) is 102 Å². The van der Waals surface area contributed by atoms with Crippen molar-refractivity contribution in [2.24, 2.45) is 5.92 Å². The summed E-state index contributed by atoms with van der Waals surface area (Å²) in [6, 6.07) is 4.68. The Balaban J connectivity index is 1.29. The number of amides is 4. The molecule has 2 aromatic rings. The lowest BCUT2D eigenvalue weighted by molar-refractivity contribution is -0.137. The number of halogens is 1. The summed E-state index contributed by atoms with van der Waals surface area (Å²) >= 11 is 0. The molecule has 0 spiro atoms. The van der Waals surface area contributed by atoms with Crippen LogP contribution in [0.15, 0.2) is 30.5 Å². The minimum atomic E-state index is -0.832. The van der Waals surface area contributed by atoms with Crippen LogP contribution in [0.1, 0.15) is 99.6 Å². The van der Waals surface area contributed by atoms with Crippen molar-refractivity contribution in [2.75, 3.05) is 38.5 Å². The summed E-state index contributed by atoms with van der Waals surface area (Å²) in [5.41, 5.74) is 0.968. The molecule has 3 fully saturated rings. The molecule has 256 valence electrons. The molecule has 3 N–H and O–H groups in total. The van der Waals surface area contributed by atoms with Gasteiger partial charge in [0.1, 0.15) is 23.6 Å². The number of piperazine rings is 1. The Morgan fingerprint density at radius 2 is 1.60 bits per heavy atom. The Hall–Kier alpha value is -3.80. The average Bonchev–Trinajstić information content (AvgIpc) is 3.72. The minimum absolute atomic E-state index is 0.00200. The largest absolute Gasteiger partial charge is 0.344 e. The van der Waals surface area contributed by atoms with Gasteiger partial charge in [0.25, 0.3) is 5.91 Å². The third-order valence-electron chi connectivity index (χ3n) is 10.0. The van der Waals surface area contributed by atoms with E-state index < -0.39 is 23.8 Å². The van der Waals surface area contributed by atoms with Crippen LogP contribution in [-0.2, 0) is 20.8 Å². The molecule has 1 aromatic carbocycles. The van der Waals surface area contributed by atoms with Crippen LogP contribution >= 0.6 is 0 Å². The highest BCUT2D eigenvalue weighted by Crippen LogP contribution is 2.31. The van der Waals surface area contributed by atoms with E-state index in [9.17, 15) is 19.2 Å². The van der Waals surface area contributed by atoms with Gasteiger partial charge < -0.3 is 25.8 Å². The maximum atomic E-state index is 15.6. The molecular weight excluding hydrogens is 601 g/mol. The lowest BCUT2D eigenvalue weighted by Gasteiger charge is -2.34. The number of rotatable bonds is 11. The van der Waals surface area contributed by atoms with E-state index in [1.807, 2.05) is 7.05 Å². The van der Waals surface area contributed by atoms with Gasteiger partial charge in [-0.3, -0.25) is 23.9 Å². The van der Waals surface area contributed by atoms with Crippen LogP contribution < -0.4 is 16.0 Å². The molecule has 47 heavy (non-hydrogen) atoms. The molecule has 2 atom stereocenters. The molecule has 5 rings (SSSR count). The number of anilines is 1. The number of carbonyl (C=O) groups excluding carboxylic acids is 4. The number of benzene rings is 1. The number of carbonyl (C=O) groups is 4. The molecule has 3 aliphatic rings. The van der Waals surface area contributed by atoms with Gasteiger partial charge in [0.15, 0.2) is 0 Å². The third-order valence-corrected chi connectivity index (χ3v) is 10.0. The van der Waals surface area contributed by atoms with Crippen molar-refractivity contribution < 1.29 is 23.6 Å². The van der Waals surface area contributed by atoms with E-state index in [0.717, 1.165) is 77.3 Å². The molecule has 2 aliphatic carbocycles. The molecule has 2 heterocycles. The van der Waals surface area contributed by atoms with Crippen molar-refractivity contribution in [3.05, 3.63) is 47.5 Å². The second-order valence-corrected chi connectivity index (χ2v) is 13.4. The first-order valence-corrected chi connectivity index (χ1v) is 17.4. The second kappa shape index (κ2) is 16.3. The quantitative estimate of drug-likeness (QED) is 0.315. The molecule has 1 saturated heterocycles. The van der Waals surface area contributed by atoms with E-state index in [4.69, 9.17) is 0 Å². The van der Waals surface area contributed by atoms with Crippen molar-refractivity contribution >= 4 is 29.3 Å². The first kappa shape index (κ1) is 34.5. The fourth-order valence-electron chi connectivity index (χ4n) is 7.17. The highest BCUT2D eigenvalue weighted by molar-refractivity contribution is 6.00. The topological polar surface area (TPSA) is 129 Å². The number of aromatic nitrogens is 2. The molecule has 0 radical (unpaired) electrons. The fraction of sp³-hybridized carbons (Fsp3) is 0.629. The van der Waals surface area contributed by atoms with Gasteiger partial charge in [-0.1, -0.05) is 51.5 Å². The molecule has 0 unspecified atom stereocenters. The third kappa shape index (κ3) is 8.97. The van der Waals surface area contributed by atoms with Gasteiger partial charge in [-0.05, 0) is 62.4 Å². The zero-order chi connectivity index (χ0) is 33.3. The van der Waals surface area contributed by atoms with Gasteiger partial charge in [0.2, 0.25) is 17.7 Å². The van der Waals surface area contributed by atoms with Gasteiger partial charge in [0.05, 0.1) is 11.7 Å². The van der Waals surface area contributed by atoms with E-state index in [0.29, 0.717) is 24.3 Å². The summed E-state index contributed by atoms with van der Waals surface area (Å²) in [7, 11) is 2.00. The fourth-order valence-corrected chi connectivity index (χ4v) is 7.17. The van der Waals surface area contributed by atoms with Crippen LogP contribution in [0.4, 0.5) is 10.1 Å². The smallest absolute Gasteiger partial charge is 0.270 e. The van der Waals surface area contributed by atoms with Crippen molar-refractivity contribution in [3.8, 4) is 0 Å². The summed E-state index contributed by atoms with van der Waals surface area (Å²) < 4.78 is 17.4. The van der Waals surface area contributed by atoms with Gasteiger partial charge in [-0.15, -0.1) is 0 Å². The Labute approximate surface area is 277 Å². The molecule has 1 aliphatic heterocycles. The normalized spacial score (nSPS) is 19.5. The van der Waals surface area contributed by atoms with Crippen LogP contribution in [0.5, 0.6) is 0 Å². The van der Waals surface area contributed by atoms with Crippen LogP contribution in [-0.4, -0.2) is 88.5 Å². The SMILES string of the molecule is CCC(=O)N[C@H](Cc1ccc(NC(=O)[C@@H](NC(=O)c2ccnn2C2CCCC2)C2CCCCCC2)c(F)c1)C(=O)N1CCN(C)CC1. The Kier molecular flexibility index (Phi) is 12.0. The van der Waals surface area contributed by atoms with Crippen LogP contribution in [0.2, 0.25) is 0 Å². The number of likely N-dealkylation sites (N-methyl/N-ethyl adjacent to an activating group) is 1. The number of hydrogen-bond acceptors (Lipinski definition) is 6. The van der Waals surface area contributed by atoms with E-state index in [-0.39, 0.29) is 48.2 Å². The monoisotopic (exact) mass is 651 g/mol. The van der Waals surface area contributed by atoms with Crippen LogP contribution in [0.3, 0.4) is 0 Å². The van der Waals surface area contributed by atoms with E-state index in [1.54, 1.807) is 34.8 Å². The van der Waals surface area contributed by atoms with Gasteiger partial charge in [0, 0.05) is 45.2 Å². The maximum absolute atomic E-state index is 15.6. The zero-order valence-electron chi connectivity index (χ0n) is 27.8. The second-order valence-electron chi connectivity index (χ2n) is 13.4. The molecule has 12 heteroatoms. The van der Waals surface area contributed by atoms with Crippen molar-refractivity contribution in [3.63, 3.8) is 0 Å². The predicted molar refractivity (Wildman–Crippen MR) is 177 cm³/mol. The standard InChI is InChI=1S/C35H50FN7O4/c1-3-31(44)38-29(35(47)42-20-18-41(2)19-21-42)23-24-14-15-28(27(36)22-24)39-34(46)32(25-10-6-4-5-7-11-25)40-33(45)30-16-17-37-43(30)26-12-8-9-13-26/h14-17,22,25-26,29,32H,3-13,18-21,23H2,1-2H3,(H,38,44)(H,39,46)(H,40,45)/t29-,32+/m1/s1. The number of nitrogens with zero attached hydrogens (tertiary/aromatic N) is 4. The molecule has 4 amide bonds. The summed E-state index contributed by atoms with van der Waals surface area (Å²) in [6.45, 7) is 4.34. The number of nitrogens with one attached hydrogen (secondary N) is 3. The van der Waals surface area contributed by atoms with Crippen molar-refractivity contribution in [1.82, 2.24) is 30.2 Å². The van der Waals surface area contributed by atoms with E-state index >= 15 is 4.39 Å². The maximum Gasteiger partial charge on any atom is 0.270 e. The Morgan fingerprint density at radius 3 is 2.26 bits per heavy atom. The summed E-state index contributed by atoms with van der Waals surface area (Å²) in [6.07, 6.45) is 11.8. The zero-order valence-corrected chi connectivity index (χ0v) is 27.8.